The molecule has 4 aromatic rings. The summed E-state index contributed by atoms with van der Waals surface area (Å²) in [6.07, 6.45) is 0.758. The first-order valence-electron chi connectivity index (χ1n) is 14.5. The molecule has 2 unspecified atom stereocenters. The molecule has 1 aliphatic rings. The maximum atomic E-state index is 13.5. The van der Waals surface area contributed by atoms with E-state index in [9.17, 15) is 33.1 Å². The average Bonchev–Trinajstić information content (AvgIpc) is 3.39. The summed E-state index contributed by atoms with van der Waals surface area (Å²) in [5, 5.41) is 35.1. The standard InChI is InChI=1S/C32H30ClFN4O7S2/c33-26-11-22(4-6-29(26)44-17-19-2-1-3-21(34)10-19)37-32-20(14-35)15-36-27-13-30(45-18-23(40)16-39)28(12-25(27)32)38-31(41)7-5-24-8-9-46-47(24,42)43/h1-4,6,10-13,15,23-24,39-40H,5,7-9,16-18H2,(H,36,37)(H,38,41). The molecule has 5 rings (SSSR count). The SMILES string of the molecule is N#Cc1cnc2cc(OCC(O)CO)c(NC(=O)CCC3CCSS3(=O)=O)cc2c1Nc1ccc(OCc2cccc(F)c2)c(Cl)c1. The van der Waals surface area contributed by atoms with E-state index in [0.717, 1.165) is 10.8 Å². The lowest BCUT2D eigenvalue weighted by Gasteiger charge is -2.18. The minimum Gasteiger partial charge on any atom is -0.489 e. The van der Waals surface area contributed by atoms with E-state index in [1.165, 1.54) is 24.4 Å². The molecule has 1 aromatic heterocycles. The zero-order valence-corrected chi connectivity index (χ0v) is 27.2. The highest BCUT2D eigenvalue weighted by atomic mass is 35.5. The van der Waals surface area contributed by atoms with E-state index in [1.807, 2.05) is 0 Å². The maximum absolute atomic E-state index is 13.5. The number of amides is 1. The molecule has 0 spiro atoms. The fourth-order valence-corrected chi connectivity index (χ4v) is 9.00. The number of halogens is 2. The number of hydrogen-bond acceptors (Lipinski definition) is 11. The summed E-state index contributed by atoms with van der Waals surface area (Å²) < 4.78 is 49.4. The Hall–Kier alpha value is -4.13. The maximum Gasteiger partial charge on any atom is 0.224 e. The molecular formula is C32H30ClFN4O7S2. The number of ether oxygens (including phenoxy) is 2. The number of rotatable bonds is 13. The van der Waals surface area contributed by atoms with Crippen molar-refractivity contribution in [2.75, 3.05) is 29.6 Å². The Bertz CT molecular complexity index is 1940. The Morgan fingerprint density at radius 2 is 2.02 bits per heavy atom. The first-order valence-corrected chi connectivity index (χ1v) is 17.9. The summed E-state index contributed by atoms with van der Waals surface area (Å²) in [5.41, 5.74) is 2.25. The van der Waals surface area contributed by atoms with Crippen LogP contribution in [0.3, 0.4) is 0 Å². The van der Waals surface area contributed by atoms with E-state index in [2.05, 4.69) is 21.7 Å². The molecule has 11 nitrogen and oxygen atoms in total. The second-order valence-electron chi connectivity index (χ2n) is 10.7. The number of hydrogen-bond donors (Lipinski definition) is 4. The molecule has 47 heavy (non-hydrogen) atoms. The Balaban J connectivity index is 1.42. The lowest BCUT2D eigenvalue weighted by Crippen LogP contribution is -2.22. The van der Waals surface area contributed by atoms with Gasteiger partial charge in [-0.25, -0.2) is 12.8 Å². The van der Waals surface area contributed by atoms with E-state index in [-0.39, 0.29) is 53.9 Å². The van der Waals surface area contributed by atoms with Crippen LogP contribution in [-0.2, 0) is 20.3 Å². The number of nitriles is 1. The number of carbonyl (C=O) groups excluding carboxylic acids is 1. The highest BCUT2D eigenvalue weighted by Crippen LogP contribution is 2.38. The normalized spacial score (nSPS) is 15.9. The van der Waals surface area contributed by atoms with Crippen molar-refractivity contribution in [2.45, 2.75) is 37.2 Å². The molecule has 1 amide bonds. The van der Waals surface area contributed by atoms with Crippen molar-refractivity contribution in [3.05, 3.63) is 82.8 Å². The van der Waals surface area contributed by atoms with Crippen molar-refractivity contribution in [2.24, 2.45) is 0 Å². The van der Waals surface area contributed by atoms with E-state index in [0.29, 0.717) is 45.8 Å². The van der Waals surface area contributed by atoms with Crippen molar-refractivity contribution in [1.29, 1.82) is 5.26 Å². The van der Waals surface area contributed by atoms with E-state index in [4.69, 9.17) is 21.1 Å². The lowest BCUT2D eigenvalue weighted by atomic mass is 10.1. The van der Waals surface area contributed by atoms with Gasteiger partial charge in [-0.15, -0.1) is 0 Å². The number of aliphatic hydroxyl groups is 2. The smallest absolute Gasteiger partial charge is 0.224 e. The number of fused-ring (bicyclic) bond motifs is 1. The van der Waals surface area contributed by atoms with Crippen LogP contribution in [0.5, 0.6) is 11.5 Å². The van der Waals surface area contributed by atoms with Crippen molar-refractivity contribution in [3.8, 4) is 17.6 Å². The summed E-state index contributed by atoms with van der Waals surface area (Å²) >= 11 is 6.50. The predicted molar refractivity (Wildman–Crippen MR) is 178 cm³/mol. The number of benzene rings is 3. The second kappa shape index (κ2) is 15.2. The van der Waals surface area contributed by atoms with Crippen molar-refractivity contribution < 1.29 is 37.3 Å². The third kappa shape index (κ3) is 8.62. The summed E-state index contributed by atoms with van der Waals surface area (Å²) in [4.78, 5) is 17.4. The van der Waals surface area contributed by atoms with Gasteiger partial charge in [0.15, 0.2) is 0 Å². The fraction of sp³-hybridized carbons (Fsp3) is 0.281. The largest absolute Gasteiger partial charge is 0.489 e. The van der Waals surface area contributed by atoms with Gasteiger partial charge in [0, 0.05) is 35.5 Å². The molecule has 3 aromatic carbocycles. The zero-order chi connectivity index (χ0) is 33.6. The topological polar surface area (TPSA) is 171 Å². The monoisotopic (exact) mass is 700 g/mol. The number of aromatic nitrogens is 1. The summed E-state index contributed by atoms with van der Waals surface area (Å²) in [5.74, 6) is 0.168. The van der Waals surface area contributed by atoms with Gasteiger partial charge in [-0.1, -0.05) is 23.7 Å². The van der Waals surface area contributed by atoms with Gasteiger partial charge in [0.2, 0.25) is 14.8 Å². The van der Waals surface area contributed by atoms with E-state index in [1.54, 1.807) is 36.4 Å². The first kappa shape index (κ1) is 34.2. The molecular weight excluding hydrogens is 671 g/mol. The van der Waals surface area contributed by atoms with Crippen molar-refractivity contribution in [3.63, 3.8) is 0 Å². The van der Waals surface area contributed by atoms with Crippen molar-refractivity contribution in [1.82, 2.24) is 4.98 Å². The molecule has 4 N–H and O–H groups in total. The molecule has 246 valence electrons. The van der Waals surface area contributed by atoms with Crippen LogP contribution in [0.4, 0.5) is 21.5 Å². The molecule has 0 bridgehead atoms. The number of pyridine rings is 1. The molecule has 1 saturated heterocycles. The molecule has 2 heterocycles. The van der Waals surface area contributed by atoms with Crippen LogP contribution in [-0.4, -0.2) is 59.8 Å². The van der Waals surface area contributed by atoms with Gasteiger partial charge in [0.05, 0.1) is 39.3 Å². The van der Waals surface area contributed by atoms with Crippen LogP contribution in [0.1, 0.15) is 30.4 Å². The third-order valence-corrected chi connectivity index (χ3v) is 11.9. The number of carbonyl (C=O) groups is 1. The Morgan fingerprint density at radius 1 is 1.19 bits per heavy atom. The van der Waals surface area contributed by atoms with Gasteiger partial charge in [-0.05, 0) is 65.6 Å². The van der Waals surface area contributed by atoms with Crippen LogP contribution in [0, 0.1) is 17.1 Å². The fourth-order valence-electron chi connectivity index (χ4n) is 4.85. The molecule has 1 fully saturated rings. The van der Waals surface area contributed by atoms with Gasteiger partial charge in [0.1, 0.15) is 42.7 Å². The minimum atomic E-state index is -3.30. The summed E-state index contributed by atoms with van der Waals surface area (Å²) in [6, 6.07) is 16.1. The summed E-state index contributed by atoms with van der Waals surface area (Å²) in [7, 11) is -2.40. The highest BCUT2D eigenvalue weighted by molar-refractivity contribution is 8.72. The van der Waals surface area contributed by atoms with Gasteiger partial charge in [-0.3, -0.25) is 9.78 Å². The molecule has 0 saturated carbocycles. The van der Waals surface area contributed by atoms with Crippen molar-refractivity contribution >= 4 is 65.1 Å². The third-order valence-electron chi connectivity index (χ3n) is 7.28. The number of nitrogens with one attached hydrogen (secondary N) is 2. The molecule has 15 heteroatoms. The van der Waals surface area contributed by atoms with Gasteiger partial charge in [0.25, 0.3) is 0 Å². The highest BCUT2D eigenvalue weighted by Gasteiger charge is 2.32. The Labute approximate surface area is 279 Å². The van der Waals surface area contributed by atoms with Gasteiger partial charge >= 0.3 is 0 Å². The number of anilines is 3. The van der Waals surface area contributed by atoms with Crippen LogP contribution >= 0.6 is 22.4 Å². The van der Waals surface area contributed by atoms with Crippen LogP contribution < -0.4 is 20.1 Å². The van der Waals surface area contributed by atoms with Crippen LogP contribution in [0.25, 0.3) is 10.9 Å². The molecule has 0 radical (unpaired) electrons. The molecule has 0 aliphatic carbocycles. The quantitative estimate of drug-likeness (QED) is 0.130. The Kier molecular flexibility index (Phi) is 11.1. The zero-order valence-electron chi connectivity index (χ0n) is 24.8. The number of nitrogens with zero attached hydrogens (tertiary/aromatic N) is 2. The van der Waals surface area contributed by atoms with E-state index >= 15 is 0 Å². The van der Waals surface area contributed by atoms with Gasteiger partial charge in [-0.2, -0.15) is 5.26 Å². The average molecular weight is 701 g/mol. The van der Waals surface area contributed by atoms with E-state index < -0.39 is 32.7 Å². The van der Waals surface area contributed by atoms with Gasteiger partial charge < -0.3 is 30.3 Å². The molecule has 1 aliphatic heterocycles. The number of aliphatic hydroxyl groups excluding tert-OH is 2. The minimum absolute atomic E-state index is 0.0606. The predicted octanol–water partition coefficient (Wildman–Crippen LogP) is 5.51. The van der Waals surface area contributed by atoms with Crippen LogP contribution in [0.15, 0.2) is 60.8 Å². The Morgan fingerprint density at radius 3 is 2.72 bits per heavy atom. The first-order chi connectivity index (χ1) is 22.6. The second-order valence-corrected chi connectivity index (χ2v) is 15.5. The molecule has 2 atom stereocenters. The van der Waals surface area contributed by atoms with Crippen LogP contribution in [0.2, 0.25) is 5.02 Å². The lowest BCUT2D eigenvalue weighted by molar-refractivity contribution is -0.116. The summed E-state index contributed by atoms with van der Waals surface area (Å²) in [6.45, 7) is -0.727.